The minimum Gasteiger partial charge on any atom is -0.310 e. The van der Waals surface area contributed by atoms with Gasteiger partial charge in [-0.1, -0.05) is 152 Å². The molecule has 0 unspecified atom stereocenters. The molecule has 0 atom stereocenters. The van der Waals surface area contributed by atoms with Gasteiger partial charge in [0.05, 0.1) is 5.69 Å². The van der Waals surface area contributed by atoms with Gasteiger partial charge >= 0.3 is 0 Å². The van der Waals surface area contributed by atoms with E-state index in [9.17, 15) is 0 Å². The lowest BCUT2D eigenvalue weighted by atomic mass is 9.93. The van der Waals surface area contributed by atoms with E-state index >= 15 is 0 Å². The second-order valence-electron chi connectivity index (χ2n) is 14.5. The fraction of sp³-hybridized carbons (Fsp3) is 0. The number of benzene rings is 10. The third-order valence-corrected chi connectivity index (χ3v) is 12.4. The van der Waals surface area contributed by atoms with Gasteiger partial charge < -0.3 is 4.90 Å². The standard InChI is InChI=1S/C54H35NS/c1-2-11-36(12-3-1)39-21-23-42-34-40(22-24-41(42)33-39)37-25-29-44(30-26-37)55(51-18-10-20-53-54(51)49-17-8-9-19-52(49)56-53)45-31-27-38(28-32-45)50-35-43-13-4-5-14-46(43)47-15-6-7-16-48(47)50/h1-35H. The van der Waals surface area contributed by atoms with Crippen molar-refractivity contribution in [1.29, 1.82) is 0 Å². The highest BCUT2D eigenvalue weighted by molar-refractivity contribution is 7.26. The lowest BCUT2D eigenvalue weighted by Gasteiger charge is -2.27. The monoisotopic (exact) mass is 729 g/mol. The van der Waals surface area contributed by atoms with Crippen LogP contribution in [0.15, 0.2) is 212 Å². The summed E-state index contributed by atoms with van der Waals surface area (Å²) in [6.45, 7) is 0. The highest BCUT2D eigenvalue weighted by Gasteiger charge is 2.19. The van der Waals surface area contributed by atoms with Crippen molar-refractivity contribution in [3.8, 4) is 33.4 Å². The fourth-order valence-electron chi connectivity index (χ4n) is 8.49. The lowest BCUT2D eigenvalue weighted by Crippen LogP contribution is -2.10. The summed E-state index contributed by atoms with van der Waals surface area (Å²) in [6.07, 6.45) is 0. The molecule has 0 aliphatic rings. The Morgan fingerprint density at radius 1 is 0.304 bits per heavy atom. The van der Waals surface area contributed by atoms with Crippen molar-refractivity contribution in [2.75, 3.05) is 4.90 Å². The van der Waals surface area contributed by atoms with Crippen molar-refractivity contribution in [2.45, 2.75) is 0 Å². The first-order valence-corrected chi connectivity index (χ1v) is 20.0. The van der Waals surface area contributed by atoms with Gasteiger partial charge in [0.25, 0.3) is 0 Å². The zero-order valence-electron chi connectivity index (χ0n) is 30.6. The molecule has 0 spiro atoms. The van der Waals surface area contributed by atoms with Gasteiger partial charge in [-0.25, -0.2) is 0 Å². The maximum atomic E-state index is 2.43. The summed E-state index contributed by atoms with van der Waals surface area (Å²) in [6, 6.07) is 77.7. The number of rotatable bonds is 6. The Morgan fingerprint density at radius 2 is 0.839 bits per heavy atom. The number of fused-ring (bicyclic) bond motifs is 7. The average molecular weight is 730 g/mol. The Labute approximate surface area is 330 Å². The van der Waals surface area contributed by atoms with Crippen molar-refractivity contribution in [1.82, 2.24) is 0 Å². The second kappa shape index (κ2) is 13.4. The first-order valence-electron chi connectivity index (χ1n) is 19.2. The number of hydrogen-bond acceptors (Lipinski definition) is 2. The van der Waals surface area contributed by atoms with Gasteiger partial charge in [0, 0.05) is 31.5 Å². The van der Waals surface area contributed by atoms with Gasteiger partial charge in [-0.3, -0.25) is 0 Å². The van der Waals surface area contributed by atoms with Crippen LogP contribution >= 0.6 is 11.3 Å². The van der Waals surface area contributed by atoms with E-state index in [1.807, 2.05) is 11.3 Å². The van der Waals surface area contributed by atoms with Gasteiger partial charge in [0.1, 0.15) is 0 Å². The topological polar surface area (TPSA) is 3.24 Å². The smallest absolute Gasteiger partial charge is 0.0554 e. The quantitative estimate of drug-likeness (QED) is 0.154. The summed E-state index contributed by atoms with van der Waals surface area (Å²) < 4.78 is 2.59. The van der Waals surface area contributed by atoms with E-state index in [1.54, 1.807) is 0 Å². The van der Waals surface area contributed by atoms with E-state index in [0.29, 0.717) is 0 Å². The Balaban J connectivity index is 1.02. The van der Waals surface area contributed by atoms with Crippen molar-refractivity contribution in [2.24, 2.45) is 0 Å². The molecule has 0 fully saturated rings. The summed E-state index contributed by atoms with van der Waals surface area (Å²) in [5.74, 6) is 0. The molecule has 1 nitrogen and oxygen atoms in total. The summed E-state index contributed by atoms with van der Waals surface area (Å²) in [5.41, 5.74) is 10.8. The van der Waals surface area contributed by atoms with Crippen LogP contribution in [-0.2, 0) is 0 Å². The van der Waals surface area contributed by atoms with E-state index in [1.165, 1.54) is 91.6 Å². The van der Waals surface area contributed by atoms with Gasteiger partial charge in [0.2, 0.25) is 0 Å². The fourth-order valence-corrected chi connectivity index (χ4v) is 9.62. The first-order chi connectivity index (χ1) is 27.7. The molecule has 0 N–H and O–H groups in total. The largest absolute Gasteiger partial charge is 0.310 e. The normalized spacial score (nSPS) is 11.6. The third-order valence-electron chi connectivity index (χ3n) is 11.2. The van der Waals surface area contributed by atoms with Crippen molar-refractivity contribution in [3.05, 3.63) is 212 Å². The van der Waals surface area contributed by atoms with Crippen LogP contribution in [-0.4, -0.2) is 0 Å². The van der Waals surface area contributed by atoms with E-state index < -0.39 is 0 Å². The van der Waals surface area contributed by atoms with Crippen LogP contribution in [0.5, 0.6) is 0 Å². The van der Waals surface area contributed by atoms with Crippen LogP contribution < -0.4 is 4.90 Å². The van der Waals surface area contributed by atoms with Crippen LogP contribution in [0.25, 0.3) is 85.9 Å². The minimum absolute atomic E-state index is 1.12. The van der Waals surface area contributed by atoms with E-state index in [-0.39, 0.29) is 0 Å². The number of anilines is 3. The highest BCUT2D eigenvalue weighted by Crippen LogP contribution is 2.46. The molecule has 1 heterocycles. The summed E-state index contributed by atoms with van der Waals surface area (Å²) in [4.78, 5) is 2.43. The first kappa shape index (κ1) is 32.4. The zero-order valence-corrected chi connectivity index (χ0v) is 31.4. The Bertz CT molecular complexity index is 3230. The molecule has 11 rings (SSSR count). The molecule has 0 saturated carbocycles. The highest BCUT2D eigenvalue weighted by atomic mass is 32.1. The lowest BCUT2D eigenvalue weighted by molar-refractivity contribution is 1.30. The molecule has 56 heavy (non-hydrogen) atoms. The minimum atomic E-state index is 1.12. The van der Waals surface area contributed by atoms with Gasteiger partial charge in [-0.15, -0.1) is 11.3 Å². The molecule has 262 valence electrons. The van der Waals surface area contributed by atoms with Crippen LogP contribution in [0.1, 0.15) is 0 Å². The molecule has 0 amide bonds. The van der Waals surface area contributed by atoms with Crippen LogP contribution in [0, 0.1) is 0 Å². The van der Waals surface area contributed by atoms with E-state index in [2.05, 4.69) is 217 Å². The molecular weight excluding hydrogens is 695 g/mol. The Morgan fingerprint density at radius 3 is 1.55 bits per heavy atom. The average Bonchev–Trinajstić information content (AvgIpc) is 3.66. The summed E-state index contributed by atoms with van der Waals surface area (Å²) >= 11 is 1.86. The second-order valence-corrected chi connectivity index (χ2v) is 15.6. The van der Waals surface area contributed by atoms with Crippen LogP contribution in [0.2, 0.25) is 0 Å². The maximum absolute atomic E-state index is 2.43. The molecule has 0 saturated heterocycles. The van der Waals surface area contributed by atoms with Crippen LogP contribution in [0.4, 0.5) is 17.1 Å². The van der Waals surface area contributed by atoms with Crippen molar-refractivity contribution in [3.63, 3.8) is 0 Å². The molecule has 0 aliphatic heterocycles. The molecule has 0 radical (unpaired) electrons. The van der Waals surface area contributed by atoms with Crippen molar-refractivity contribution >= 4 is 80.9 Å². The number of nitrogens with zero attached hydrogens (tertiary/aromatic N) is 1. The molecular formula is C54H35NS. The van der Waals surface area contributed by atoms with Crippen LogP contribution in [0.3, 0.4) is 0 Å². The van der Waals surface area contributed by atoms with Gasteiger partial charge in [-0.2, -0.15) is 0 Å². The van der Waals surface area contributed by atoms with Gasteiger partial charge in [-0.05, 0) is 126 Å². The molecule has 11 aromatic rings. The third kappa shape index (κ3) is 5.54. The molecule has 10 aromatic carbocycles. The summed E-state index contributed by atoms with van der Waals surface area (Å²) in [5, 5.41) is 10.2. The Hall–Kier alpha value is -7.00. The van der Waals surface area contributed by atoms with Gasteiger partial charge in [0.15, 0.2) is 0 Å². The summed E-state index contributed by atoms with van der Waals surface area (Å²) in [7, 11) is 0. The predicted octanol–water partition coefficient (Wildman–Crippen LogP) is 16.0. The molecule has 0 bridgehead atoms. The zero-order chi connectivity index (χ0) is 37.0. The molecule has 2 heteroatoms. The maximum Gasteiger partial charge on any atom is 0.0554 e. The Kier molecular flexibility index (Phi) is 7.75. The number of hydrogen-bond donors (Lipinski definition) is 0. The SMILES string of the molecule is c1ccc(-c2ccc3cc(-c4ccc(N(c5ccc(-c6cc7ccccc7c7ccccc67)cc5)c5cccc6sc7ccccc7c56)cc4)ccc3c2)cc1. The van der Waals surface area contributed by atoms with E-state index in [0.717, 1.165) is 11.4 Å². The molecule has 0 aliphatic carbocycles. The van der Waals surface area contributed by atoms with Crippen molar-refractivity contribution < 1.29 is 0 Å². The number of thiophene rings is 1. The predicted molar refractivity (Wildman–Crippen MR) is 243 cm³/mol. The van der Waals surface area contributed by atoms with E-state index in [4.69, 9.17) is 0 Å². The molecule has 1 aromatic heterocycles.